The summed E-state index contributed by atoms with van der Waals surface area (Å²) in [6.45, 7) is 5.01. The normalized spacial score (nSPS) is 14.9. The van der Waals surface area contributed by atoms with Crippen LogP contribution in [0, 0.1) is 11.7 Å². The van der Waals surface area contributed by atoms with Crippen LogP contribution in [-0.2, 0) is 11.2 Å². The second-order valence-corrected chi connectivity index (χ2v) is 9.64. The number of benzene rings is 2. The molecule has 0 aliphatic carbocycles. The van der Waals surface area contributed by atoms with E-state index in [1.54, 1.807) is 14.2 Å². The fourth-order valence-electron chi connectivity index (χ4n) is 4.71. The Morgan fingerprint density at radius 1 is 1.03 bits per heavy atom. The maximum atomic E-state index is 13.0. The van der Waals surface area contributed by atoms with Crippen LogP contribution in [0.5, 0.6) is 11.5 Å². The Labute approximate surface area is 221 Å². The SMILES string of the molecule is CCCCCCCC(=O)O.COc1cccc(C(O)C2CCN(CCc3ccc(F)cc3)CC2)c1OC. The van der Waals surface area contributed by atoms with Crippen LogP contribution in [0.15, 0.2) is 42.5 Å². The second kappa shape index (κ2) is 17.0. The van der Waals surface area contributed by atoms with Crippen molar-refractivity contribution in [2.24, 2.45) is 5.92 Å². The van der Waals surface area contributed by atoms with Crippen molar-refractivity contribution in [2.45, 2.75) is 70.8 Å². The molecule has 0 aromatic heterocycles. The molecule has 3 rings (SSSR count). The molecule has 37 heavy (non-hydrogen) atoms. The molecule has 0 bridgehead atoms. The molecule has 0 amide bonds. The summed E-state index contributed by atoms with van der Waals surface area (Å²) in [6, 6.07) is 12.4. The number of aliphatic carboxylic acids is 1. The topological polar surface area (TPSA) is 79.2 Å². The van der Waals surface area contributed by atoms with E-state index in [4.69, 9.17) is 14.6 Å². The number of aliphatic hydroxyl groups is 1. The number of carboxylic acids is 1. The number of aliphatic hydroxyl groups excluding tert-OH is 1. The van der Waals surface area contributed by atoms with Gasteiger partial charge >= 0.3 is 5.97 Å². The van der Waals surface area contributed by atoms with E-state index in [0.717, 1.165) is 62.9 Å². The second-order valence-electron chi connectivity index (χ2n) is 9.64. The van der Waals surface area contributed by atoms with Crippen LogP contribution in [0.1, 0.15) is 75.5 Å². The van der Waals surface area contributed by atoms with Crippen LogP contribution in [0.4, 0.5) is 4.39 Å². The molecular formula is C30H44FNO5. The minimum atomic E-state index is -0.670. The summed E-state index contributed by atoms with van der Waals surface area (Å²) in [5, 5.41) is 19.2. The standard InChI is InChI=1S/C22H28FNO3.C8H16O2/c1-26-20-5-3-4-19(22(20)27-2)21(25)17-11-14-24(15-12-17)13-10-16-6-8-18(23)9-7-16;1-2-3-4-5-6-7-8(9)10/h3-9,17,21,25H,10-15H2,1-2H3;2-7H2,1H3,(H,9,10). The number of piperidine rings is 1. The van der Waals surface area contributed by atoms with Gasteiger partial charge in [0, 0.05) is 18.5 Å². The van der Waals surface area contributed by atoms with E-state index < -0.39 is 12.1 Å². The summed E-state index contributed by atoms with van der Waals surface area (Å²) in [5.74, 6) is 0.600. The van der Waals surface area contributed by atoms with Gasteiger partial charge < -0.3 is 24.6 Å². The number of nitrogens with zero attached hydrogens (tertiary/aromatic N) is 1. The van der Waals surface area contributed by atoms with Crippen LogP contribution >= 0.6 is 0 Å². The number of likely N-dealkylation sites (tertiary alicyclic amines) is 1. The van der Waals surface area contributed by atoms with Gasteiger partial charge in [-0.3, -0.25) is 4.79 Å². The molecule has 1 unspecified atom stereocenters. The molecule has 2 N–H and O–H groups in total. The smallest absolute Gasteiger partial charge is 0.303 e. The van der Waals surface area contributed by atoms with E-state index in [-0.39, 0.29) is 11.7 Å². The zero-order valence-electron chi connectivity index (χ0n) is 22.6. The van der Waals surface area contributed by atoms with E-state index in [2.05, 4.69) is 11.8 Å². The van der Waals surface area contributed by atoms with Crippen LogP contribution < -0.4 is 9.47 Å². The largest absolute Gasteiger partial charge is 0.493 e. The molecule has 0 spiro atoms. The van der Waals surface area contributed by atoms with Crippen LogP contribution in [-0.4, -0.2) is 54.9 Å². The zero-order chi connectivity index (χ0) is 27.0. The predicted molar refractivity (Wildman–Crippen MR) is 145 cm³/mol. The van der Waals surface area contributed by atoms with E-state index in [9.17, 15) is 14.3 Å². The Hall–Kier alpha value is -2.64. The Bertz CT molecular complexity index is 913. The third kappa shape index (κ3) is 10.7. The molecule has 2 aromatic carbocycles. The third-order valence-corrected chi connectivity index (χ3v) is 6.95. The highest BCUT2D eigenvalue weighted by atomic mass is 19.1. The molecule has 1 heterocycles. The lowest BCUT2D eigenvalue weighted by Crippen LogP contribution is -2.36. The van der Waals surface area contributed by atoms with Gasteiger partial charge in [0.25, 0.3) is 0 Å². The van der Waals surface area contributed by atoms with Gasteiger partial charge in [-0.1, -0.05) is 56.9 Å². The number of carboxylic acid groups (broad SMARTS) is 1. The van der Waals surface area contributed by atoms with Crippen molar-refractivity contribution >= 4 is 5.97 Å². The average molecular weight is 518 g/mol. The van der Waals surface area contributed by atoms with Crippen molar-refractivity contribution in [3.8, 4) is 11.5 Å². The van der Waals surface area contributed by atoms with E-state index >= 15 is 0 Å². The lowest BCUT2D eigenvalue weighted by molar-refractivity contribution is -0.137. The molecule has 206 valence electrons. The molecule has 0 saturated carbocycles. The van der Waals surface area contributed by atoms with Gasteiger partial charge in [0.1, 0.15) is 5.82 Å². The first-order valence-corrected chi connectivity index (χ1v) is 13.5. The summed E-state index contributed by atoms with van der Waals surface area (Å²) in [7, 11) is 3.21. The quantitative estimate of drug-likeness (QED) is 0.305. The van der Waals surface area contributed by atoms with Crippen LogP contribution in [0.25, 0.3) is 0 Å². The van der Waals surface area contributed by atoms with Gasteiger partial charge in [0.2, 0.25) is 0 Å². The first kappa shape index (κ1) is 30.6. The monoisotopic (exact) mass is 517 g/mol. The lowest BCUT2D eigenvalue weighted by Gasteiger charge is -2.34. The molecule has 6 nitrogen and oxygen atoms in total. The molecule has 2 aromatic rings. The number of halogens is 1. The highest BCUT2D eigenvalue weighted by molar-refractivity contribution is 5.66. The highest BCUT2D eigenvalue weighted by Crippen LogP contribution is 2.39. The van der Waals surface area contributed by atoms with Crippen LogP contribution in [0.3, 0.4) is 0 Å². The summed E-state index contributed by atoms with van der Waals surface area (Å²) < 4.78 is 23.8. The van der Waals surface area contributed by atoms with Gasteiger partial charge in [0.15, 0.2) is 11.5 Å². The highest BCUT2D eigenvalue weighted by Gasteiger charge is 2.28. The van der Waals surface area contributed by atoms with E-state index in [0.29, 0.717) is 17.9 Å². The first-order valence-electron chi connectivity index (χ1n) is 13.5. The summed E-state index contributed by atoms with van der Waals surface area (Å²) >= 11 is 0. The predicted octanol–water partition coefficient (Wildman–Crippen LogP) is 6.26. The minimum Gasteiger partial charge on any atom is -0.493 e. The molecule has 7 heteroatoms. The average Bonchev–Trinajstić information content (AvgIpc) is 2.92. The van der Waals surface area contributed by atoms with Gasteiger partial charge in [-0.05, 0) is 68.5 Å². The maximum absolute atomic E-state index is 13.0. The molecule has 1 saturated heterocycles. The number of hydrogen-bond acceptors (Lipinski definition) is 5. The number of methoxy groups -OCH3 is 2. The minimum absolute atomic E-state index is 0.193. The lowest BCUT2D eigenvalue weighted by atomic mass is 9.87. The molecule has 1 fully saturated rings. The van der Waals surface area contributed by atoms with Crippen molar-refractivity contribution in [2.75, 3.05) is 33.9 Å². The van der Waals surface area contributed by atoms with Gasteiger partial charge in [-0.25, -0.2) is 4.39 Å². The maximum Gasteiger partial charge on any atom is 0.303 e. The number of hydrogen-bond donors (Lipinski definition) is 2. The van der Waals surface area contributed by atoms with Gasteiger partial charge in [-0.15, -0.1) is 0 Å². The summed E-state index contributed by atoms with van der Waals surface area (Å²) in [4.78, 5) is 12.4. The Morgan fingerprint density at radius 2 is 1.70 bits per heavy atom. The molecule has 0 radical (unpaired) electrons. The molecule has 1 atom stereocenters. The number of rotatable bonds is 13. The molecule has 1 aliphatic rings. The van der Waals surface area contributed by atoms with Gasteiger partial charge in [0.05, 0.1) is 20.3 Å². The molecular weight excluding hydrogens is 473 g/mol. The summed E-state index contributed by atoms with van der Waals surface area (Å²) in [6.07, 6.45) is 8.11. The molecule has 1 aliphatic heterocycles. The third-order valence-electron chi connectivity index (χ3n) is 6.95. The first-order chi connectivity index (χ1) is 17.9. The zero-order valence-corrected chi connectivity index (χ0v) is 22.6. The Kier molecular flexibility index (Phi) is 14.0. The number of ether oxygens (including phenoxy) is 2. The number of carbonyl (C=O) groups is 1. The van der Waals surface area contributed by atoms with Crippen molar-refractivity contribution in [1.82, 2.24) is 4.90 Å². The van der Waals surface area contributed by atoms with Crippen molar-refractivity contribution in [3.05, 3.63) is 59.4 Å². The number of unbranched alkanes of at least 4 members (excludes halogenated alkanes) is 4. The van der Waals surface area contributed by atoms with Crippen molar-refractivity contribution in [3.63, 3.8) is 0 Å². The Morgan fingerprint density at radius 3 is 2.30 bits per heavy atom. The van der Waals surface area contributed by atoms with Crippen LogP contribution in [0.2, 0.25) is 0 Å². The summed E-state index contributed by atoms with van der Waals surface area (Å²) in [5.41, 5.74) is 1.95. The van der Waals surface area contributed by atoms with E-state index in [1.165, 1.54) is 31.4 Å². The van der Waals surface area contributed by atoms with Crippen molar-refractivity contribution in [1.29, 1.82) is 0 Å². The van der Waals surface area contributed by atoms with Gasteiger partial charge in [-0.2, -0.15) is 0 Å². The number of para-hydroxylation sites is 1. The van der Waals surface area contributed by atoms with Crippen molar-refractivity contribution < 1.29 is 28.9 Å². The fourth-order valence-corrected chi connectivity index (χ4v) is 4.71. The fraction of sp³-hybridized carbons (Fsp3) is 0.567. The van der Waals surface area contributed by atoms with E-state index in [1.807, 2.05) is 30.3 Å². The Balaban J connectivity index is 0.000000410.